The molecule has 0 aromatic rings. The second-order valence-corrected chi connectivity index (χ2v) is 12.3. The van der Waals surface area contributed by atoms with Crippen LogP contribution in [0, 0.1) is 0 Å². The van der Waals surface area contributed by atoms with E-state index in [-0.39, 0.29) is 6.10 Å². The average Bonchev–Trinajstić information content (AvgIpc) is 2.76. The number of hydrogen-bond donors (Lipinski definition) is 1. The van der Waals surface area contributed by atoms with Crippen molar-refractivity contribution in [3.63, 3.8) is 0 Å². The second kappa shape index (κ2) is 23.2. The summed E-state index contributed by atoms with van der Waals surface area (Å²) in [5, 5.41) is 3.56. The van der Waals surface area contributed by atoms with E-state index in [1.165, 1.54) is 103 Å². The van der Waals surface area contributed by atoms with Crippen LogP contribution in [0.5, 0.6) is 0 Å². The Morgan fingerprint density at radius 2 is 0.968 bits per heavy atom. The van der Waals surface area contributed by atoms with Gasteiger partial charge in [-0.25, -0.2) is 0 Å². The van der Waals surface area contributed by atoms with Crippen LogP contribution in [0.1, 0.15) is 130 Å². The van der Waals surface area contributed by atoms with Crippen LogP contribution in [0.2, 0.25) is 6.04 Å². The van der Waals surface area contributed by atoms with Gasteiger partial charge in [0.1, 0.15) is 0 Å². The van der Waals surface area contributed by atoms with Gasteiger partial charge >= 0.3 is 8.80 Å². The Kier molecular flexibility index (Phi) is 23.3. The van der Waals surface area contributed by atoms with Crippen molar-refractivity contribution in [1.82, 2.24) is 5.32 Å². The van der Waals surface area contributed by atoms with E-state index in [1.807, 2.05) is 13.8 Å². The van der Waals surface area contributed by atoms with Gasteiger partial charge in [-0.05, 0) is 39.8 Å². The molecule has 0 bridgehead atoms. The minimum absolute atomic E-state index is 0.143. The zero-order valence-corrected chi connectivity index (χ0v) is 22.9. The molecular weight excluding hydrogens is 402 g/mol. The lowest BCUT2D eigenvalue weighted by atomic mass is 10.0. The summed E-state index contributed by atoms with van der Waals surface area (Å²) in [6.45, 7) is 8.51. The Bertz CT molecular complexity index is 352. The quantitative estimate of drug-likeness (QED) is 0.111. The van der Waals surface area contributed by atoms with Crippen molar-refractivity contribution in [3.8, 4) is 0 Å². The minimum Gasteiger partial charge on any atom is -0.377 e. The van der Waals surface area contributed by atoms with Gasteiger partial charge in [0.25, 0.3) is 0 Å². The Morgan fingerprint density at radius 3 is 1.35 bits per heavy atom. The topological polar surface area (TPSA) is 39.7 Å². The molecule has 5 heteroatoms. The summed E-state index contributed by atoms with van der Waals surface area (Å²) >= 11 is 0. The van der Waals surface area contributed by atoms with E-state index in [0.29, 0.717) is 0 Å². The number of hydrogen-bond acceptors (Lipinski definition) is 4. The van der Waals surface area contributed by atoms with Crippen molar-refractivity contribution in [1.29, 1.82) is 0 Å². The van der Waals surface area contributed by atoms with Gasteiger partial charge in [-0.15, -0.1) is 0 Å². The molecule has 0 unspecified atom stereocenters. The van der Waals surface area contributed by atoms with Gasteiger partial charge in [0.2, 0.25) is 0 Å². The molecule has 31 heavy (non-hydrogen) atoms. The Hall–Kier alpha value is 0.0569. The highest BCUT2D eigenvalue weighted by Crippen LogP contribution is 2.18. The predicted molar refractivity (Wildman–Crippen MR) is 138 cm³/mol. The summed E-state index contributed by atoms with van der Waals surface area (Å²) in [4.78, 5) is 0. The number of rotatable bonds is 25. The van der Waals surface area contributed by atoms with E-state index >= 15 is 0 Å². The maximum Gasteiger partial charge on any atom is 0.500 e. The molecule has 0 spiro atoms. The molecular formula is C26H57NO3Si. The van der Waals surface area contributed by atoms with Gasteiger partial charge in [-0.3, -0.25) is 0 Å². The third kappa shape index (κ3) is 20.4. The lowest BCUT2D eigenvalue weighted by Gasteiger charge is -2.28. The fraction of sp³-hybridized carbons (Fsp3) is 1.00. The first-order chi connectivity index (χ1) is 15.1. The maximum atomic E-state index is 5.94. The van der Waals surface area contributed by atoms with Crippen molar-refractivity contribution >= 4 is 8.80 Å². The summed E-state index contributed by atoms with van der Waals surface area (Å²) in [6, 6.07) is 0.879. The summed E-state index contributed by atoms with van der Waals surface area (Å²) in [5.74, 6) is 0. The summed E-state index contributed by atoms with van der Waals surface area (Å²) in [6.07, 6.45) is 24.0. The second-order valence-electron chi connectivity index (χ2n) is 9.41. The van der Waals surface area contributed by atoms with E-state index in [2.05, 4.69) is 12.2 Å². The van der Waals surface area contributed by atoms with Crippen molar-refractivity contribution in [2.75, 3.05) is 27.3 Å². The molecule has 0 atom stereocenters. The standard InChI is InChI=1S/C26H57NO3Si/c1-6-7-8-9-10-11-12-13-14-15-16-17-18-19-20-21-23-27-24-22-25-31(28-4,29-5)30-26(2)3/h26-27H,6-25H2,1-5H3. The van der Waals surface area contributed by atoms with Crippen LogP contribution in [-0.4, -0.2) is 42.2 Å². The fourth-order valence-electron chi connectivity index (χ4n) is 4.15. The van der Waals surface area contributed by atoms with Crippen LogP contribution < -0.4 is 5.32 Å². The van der Waals surface area contributed by atoms with Crippen LogP contribution in [0.3, 0.4) is 0 Å². The predicted octanol–water partition coefficient (Wildman–Crippen LogP) is 7.88. The smallest absolute Gasteiger partial charge is 0.377 e. The first kappa shape index (κ1) is 31.1. The van der Waals surface area contributed by atoms with Crippen LogP contribution in [0.4, 0.5) is 0 Å². The van der Waals surface area contributed by atoms with E-state index in [1.54, 1.807) is 14.2 Å². The molecule has 0 rings (SSSR count). The van der Waals surface area contributed by atoms with Crippen molar-refractivity contribution in [2.45, 2.75) is 142 Å². The molecule has 0 heterocycles. The van der Waals surface area contributed by atoms with Gasteiger partial charge in [0.05, 0.1) is 0 Å². The summed E-state index contributed by atoms with van der Waals surface area (Å²) in [5.41, 5.74) is 0. The molecule has 0 aliphatic carbocycles. The van der Waals surface area contributed by atoms with Gasteiger partial charge in [0.15, 0.2) is 0 Å². The third-order valence-corrected chi connectivity index (χ3v) is 9.12. The SMILES string of the molecule is CCCCCCCCCCCCCCCCCCNCCC[Si](OC)(OC)OC(C)C. The van der Waals surface area contributed by atoms with Crippen molar-refractivity contribution < 1.29 is 13.3 Å². The molecule has 0 aromatic carbocycles. The molecule has 0 saturated carbocycles. The van der Waals surface area contributed by atoms with Gasteiger partial charge < -0.3 is 18.6 Å². The third-order valence-electron chi connectivity index (χ3n) is 6.08. The molecule has 0 aliphatic heterocycles. The molecule has 0 aromatic heterocycles. The zero-order valence-electron chi connectivity index (χ0n) is 21.9. The van der Waals surface area contributed by atoms with Crippen LogP contribution in [0.25, 0.3) is 0 Å². The van der Waals surface area contributed by atoms with E-state index < -0.39 is 8.80 Å². The van der Waals surface area contributed by atoms with E-state index in [9.17, 15) is 0 Å². The number of nitrogens with one attached hydrogen (secondary N) is 1. The zero-order chi connectivity index (χ0) is 23.0. The first-order valence-corrected chi connectivity index (χ1v) is 15.5. The molecule has 4 nitrogen and oxygen atoms in total. The van der Waals surface area contributed by atoms with Gasteiger partial charge in [0, 0.05) is 26.4 Å². The molecule has 0 amide bonds. The highest BCUT2D eigenvalue weighted by molar-refractivity contribution is 6.60. The summed E-state index contributed by atoms with van der Waals surface area (Å²) in [7, 11) is 0.960. The lowest BCUT2D eigenvalue weighted by Crippen LogP contribution is -2.46. The Morgan fingerprint density at radius 1 is 0.581 bits per heavy atom. The van der Waals surface area contributed by atoms with E-state index in [4.69, 9.17) is 13.3 Å². The molecule has 188 valence electrons. The van der Waals surface area contributed by atoms with Crippen LogP contribution in [0.15, 0.2) is 0 Å². The Labute approximate surface area is 197 Å². The van der Waals surface area contributed by atoms with E-state index in [0.717, 1.165) is 25.6 Å². The molecule has 0 saturated heterocycles. The monoisotopic (exact) mass is 459 g/mol. The van der Waals surface area contributed by atoms with Crippen LogP contribution >= 0.6 is 0 Å². The molecule has 1 N–H and O–H groups in total. The van der Waals surface area contributed by atoms with Crippen molar-refractivity contribution in [2.24, 2.45) is 0 Å². The first-order valence-electron chi connectivity index (χ1n) is 13.6. The normalized spacial score (nSPS) is 12.2. The largest absolute Gasteiger partial charge is 0.500 e. The van der Waals surface area contributed by atoms with Crippen molar-refractivity contribution in [3.05, 3.63) is 0 Å². The van der Waals surface area contributed by atoms with Crippen LogP contribution in [-0.2, 0) is 13.3 Å². The molecule has 0 aliphatic rings. The Balaban J connectivity index is 3.30. The summed E-state index contributed by atoms with van der Waals surface area (Å²) < 4.78 is 17.2. The minimum atomic E-state index is -2.46. The molecule has 0 radical (unpaired) electrons. The highest BCUT2D eigenvalue weighted by atomic mass is 28.4. The average molecular weight is 460 g/mol. The lowest BCUT2D eigenvalue weighted by molar-refractivity contribution is 0.0695. The highest BCUT2D eigenvalue weighted by Gasteiger charge is 2.39. The number of unbranched alkanes of at least 4 members (excludes halogenated alkanes) is 15. The van der Waals surface area contributed by atoms with Gasteiger partial charge in [-0.1, -0.05) is 103 Å². The van der Waals surface area contributed by atoms with Gasteiger partial charge in [-0.2, -0.15) is 0 Å². The molecule has 0 fully saturated rings. The maximum absolute atomic E-state index is 5.94. The fourth-order valence-corrected chi connectivity index (χ4v) is 6.37.